The Morgan fingerprint density at radius 1 is 1.10 bits per heavy atom. The lowest BCUT2D eigenvalue weighted by molar-refractivity contribution is 0.471. The fraction of sp³-hybridized carbons (Fsp3) is 0.429. The molecule has 2 aromatic rings. The molecule has 0 aromatic heterocycles. The van der Waals surface area contributed by atoms with Crippen molar-refractivity contribution in [1.29, 1.82) is 0 Å². The number of benzene rings is 2. The molecule has 6 nitrogen and oxygen atoms in total. The Morgan fingerprint density at radius 2 is 1.72 bits per heavy atom. The van der Waals surface area contributed by atoms with Gasteiger partial charge in [0, 0.05) is 19.3 Å². The number of rotatable bonds is 6. The second-order valence-electron chi connectivity index (χ2n) is 8.39. The van der Waals surface area contributed by atoms with Crippen molar-refractivity contribution in [3.8, 4) is 11.1 Å². The van der Waals surface area contributed by atoms with E-state index in [1.165, 1.54) is 29.4 Å². The minimum Gasteiger partial charge on any atom is -0.290 e. The summed E-state index contributed by atoms with van der Waals surface area (Å²) in [6, 6.07) is 13.5. The van der Waals surface area contributed by atoms with Crippen LogP contribution in [0.5, 0.6) is 0 Å². The van der Waals surface area contributed by atoms with Gasteiger partial charge >= 0.3 is 0 Å². The fourth-order valence-electron chi connectivity index (χ4n) is 3.50. The smallest absolute Gasteiger partial charge is 0.231 e. The zero-order valence-corrected chi connectivity index (χ0v) is 19.2. The summed E-state index contributed by atoms with van der Waals surface area (Å²) in [5.74, 6) is 0. The van der Waals surface area contributed by atoms with E-state index in [4.69, 9.17) is 0 Å². The summed E-state index contributed by atoms with van der Waals surface area (Å²) in [6.45, 7) is 3.51. The molecule has 0 saturated heterocycles. The molecule has 0 fully saturated rings. The van der Waals surface area contributed by atoms with Gasteiger partial charge in [0.25, 0.3) is 0 Å². The van der Waals surface area contributed by atoms with Crippen molar-refractivity contribution in [2.45, 2.75) is 38.0 Å². The van der Waals surface area contributed by atoms with Gasteiger partial charge in [-0.3, -0.25) is 8.86 Å². The van der Waals surface area contributed by atoms with E-state index in [9.17, 15) is 17.2 Å². The first-order valence-electron chi connectivity index (χ1n) is 9.57. The van der Waals surface area contributed by atoms with Crippen LogP contribution >= 0.6 is 0 Å². The maximum absolute atomic E-state index is 12.9. The Bertz CT molecular complexity index is 1100. The van der Waals surface area contributed by atoms with Gasteiger partial charge in [-0.25, -0.2) is 13.1 Å². The molecule has 2 aromatic carbocycles. The highest BCUT2D eigenvalue weighted by Crippen LogP contribution is 2.32. The van der Waals surface area contributed by atoms with E-state index in [2.05, 4.69) is 16.9 Å². The van der Waals surface area contributed by atoms with E-state index < -0.39 is 19.6 Å². The van der Waals surface area contributed by atoms with Crippen molar-refractivity contribution in [3.05, 3.63) is 53.6 Å². The summed E-state index contributed by atoms with van der Waals surface area (Å²) in [6.07, 6.45) is 3.98. The number of anilines is 1. The highest BCUT2D eigenvalue weighted by Gasteiger charge is 2.32. The van der Waals surface area contributed by atoms with Crippen LogP contribution < -0.4 is 9.03 Å². The SMILES string of the molecule is CC(C)S(C)(=O)(O)NC1Cc2ccc(-c3cccc(N(C)S(C)(=O)=O)c3)cc2C1. The first kappa shape index (κ1) is 22.0. The molecule has 3 rings (SSSR count). The molecule has 1 unspecified atom stereocenters. The molecule has 1 atom stereocenters. The lowest BCUT2D eigenvalue weighted by atomic mass is 10.0. The Kier molecular flexibility index (Phi) is 5.45. The Hall–Kier alpha value is -1.74. The molecular formula is C21H30N2O4S2. The lowest BCUT2D eigenvalue weighted by Gasteiger charge is -2.45. The van der Waals surface area contributed by atoms with Gasteiger partial charge in [0.2, 0.25) is 10.0 Å². The molecule has 8 heteroatoms. The number of hydrogen-bond donors (Lipinski definition) is 2. The summed E-state index contributed by atoms with van der Waals surface area (Å²) < 4.78 is 51.4. The van der Waals surface area contributed by atoms with Crippen LogP contribution in [0.15, 0.2) is 42.5 Å². The van der Waals surface area contributed by atoms with Crippen LogP contribution in [0.3, 0.4) is 0 Å². The van der Waals surface area contributed by atoms with E-state index in [0.29, 0.717) is 18.5 Å². The van der Waals surface area contributed by atoms with Gasteiger partial charge in [-0.2, -0.15) is 4.21 Å². The van der Waals surface area contributed by atoms with Crippen molar-refractivity contribution in [2.24, 2.45) is 0 Å². The van der Waals surface area contributed by atoms with Crippen LogP contribution in [-0.4, -0.2) is 48.0 Å². The van der Waals surface area contributed by atoms with E-state index in [1.807, 2.05) is 24.3 Å². The second kappa shape index (κ2) is 7.19. The minimum absolute atomic E-state index is 0.0835. The van der Waals surface area contributed by atoms with Crippen LogP contribution in [0.2, 0.25) is 0 Å². The van der Waals surface area contributed by atoms with Gasteiger partial charge in [0.05, 0.1) is 17.2 Å². The average Bonchev–Trinajstić information content (AvgIpc) is 2.99. The predicted molar refractivity (Wildman–Crippen MR) is 121 cm³/mol. The third-order valence-corrected chi connectivity index (χ3v) is 10.1. The van der Waals surface area contributed by atoms with E-state index in [-0.39, 0.29) is 11.3 Å². The molecular weight excluding hydrogens is 408 g/mol. The van der Waals surface area contributed by atoms with Crippen LogP contribution in [0.1, 0.15) is 25.0 Å². The number of sulfonamides is 1. The molecule has 0 radical (unpaired) electrons. The van der Waals surface area contributed by atoms with Crippen LogP contribution in [0.25, 0.3) is 11.1 Å². The number of hydrogen-bond acceptors (Lipinski definition) is 3. The zero-order chi connectivity index (χ0) is 21.6. The first-order chi connectivity index (χ1) is 13.2. The largest absolute Gasteiger partial charge is 0.290 e. The molecule has 0 spiro atoms. The Labute approximate surface area is 173 Å². The van der Waals surface area contributed by atoms with Crippen molar-refractivity contribution in [2.75, 3.05) is 23.9 Å². The maximum Gasteiger partial charge on any atom is 0.231 e. The molecule has 0 amide bonds. The fourth-order valence-corrected chi connectivity index (χ4v) is 5.24. The topological polar surface area (TPSA) is 86.7 Å². The van der Waals surface area contributed by atoms with E-state index >= 15 is 0 Å². The Balaban J connectivity index is 1.85. The van der Waals surface area contributed by atoms with Crippen LogP contribution in [-0.2, 0) is 32.4 Å². The number of fused-ring (bicyclic) bond motifs is 1. The molecule has 160 valence electrons. The third kappa shape index (κ3) is 4.71. The van der Waals surface area contributed by atoms with Crippen molar-refractivity contribution in [1.82, 2.24) is 4.72 Å². The summed E-state index contributed by atoms with van der Waals surface area (Å²) >= 11 is 0. The summed E-state index contributed by atoms with van der Waals surface area (Å²) in [4.78, 5) is 0. The zero-order valence-electron chi connectivity index (χ0n) is 17.5. The van der Waals surface area contributed by atoms with E-state index in [1.54, 1.807) is 19.9 Å². The van der Waals surface area contributed by atoms with Crippen LogP contribution in [0.4, 0.5) is 5.69 Å². The minimum atomic E-state index is -3.87. The summed E-state index contributed by atoms with van der Waals surface area (Å²) in [5.41, 5.74) is 4.85. The van der Waals surface area contributed by atoms with Crippen molar-refractivity contribution in [3.63, 3.8) is 0 Å². The number of nitrogens with one attached hydrogen (secondary N) is 1. The van der Waals surface area contributed by atoms with Crippen LogP contribution in [0, 0.1) is 0 Å². The molecule has 1 aliphatic carbocycles. The predicted octanol–water partition coefficient (Wildman–Crippen LogP) is 3.05. The molecule has 0 saturated carbocycles. The van der Waals surface area contributed by atoms with Gasteiger partial charge in [-0.15, -0.1) is 9.53 Å². The lowest BCUT2D eigenvalue weighted by Crippen LogP contribution is -2.56. The first-order valence-corrected chi connectivity index (χ1v) is 13.8. The van der Waals surface area contributed by atoms with Gasteiger partial charge in [-0.1, -0.05) is 30.3 Å². The van der Waals surface area contributed by atoms with Gasteiger partial charge in [-0.05, 0) is 61.1 Å². The molecule has 1 aliphatic rings. The van der Waals surface area contributed by atoms with E-state index in [0.717, 1.165) is 16.7 Å². The summed E-state index contributed by atoms with van der Waals surface area (Å²) in [7, 11) is -5.66. The summed E-state index contributed by atoms with van der Waals surface area (Å²) in [5, 5.41) is -0.374. The van der Waals surface area contributed by atoms with Crippen molar-refractivity contribution >= 4 is 25.2 Å². The van der Waals surface area contributed by atoms with Crippen molar-refractivity contribution < 1.29 is 17.2 Å². The van der Waals surface area contributed by atoms with Gasteiger partial charge in [0.15, 0.2) is 0 Å². The monoisotopic (exact) mass is 438 g/mol. The molecule has 0 bridgehead atoms. The molecule has 0 heterocycles. The quantitative estimate of drug-likeness (QED) is 0.726. The van der Waals surface area contributed by atoms with Gasteiger partial charge in [0.1, 0.15) is 0 Å². The maximum atomic E-state index is 12.9. The van der Waals surface area contributed by atoms with Gasteiger partial charge < -0.3 is 0 Å². The molecule has 2 N–H and O–H groups in total. The molecule has 0 aliphatic heterocycles. The second-order valence-corrected chi connectivity index (χ2v) is 14.3. The normalized spacial score (nSPS) is 18.3. The third-order valence-electron chi connectivity index (χ3n) is 5.74. The highest BCUT2D eigenvalue weighted by molar-refractivity contribution is 8.13. The highest BCUT2D eigenvalue weighted by atomic mass is 32.3. The number of nitrogens with zero attached hydrogens (tertiary/aromatic N) is 1. The standard InChI is InChI=1S/C21H30N2O4S2/c1-15(2)29(5,26,27)22-20-12-18-10-9-17(11-19(18)13-20)16-7-6-8-21(14-16)23(3)28(4,24)25/h6-11,14-15,20H,12-13H2,1-5H3,(H2,22,26,27). The average molecular weight is 439 g/mol. The molecule has 29 heavy (non-hydrogen) atoms. The Morgan fingerprint density at radius 3 is 2.34 bits per heavy atom.